The molecule has 1 rings (SSSR count). The molecule has 0 aliphatic rings. The van der Waals surface area contributed by atoms with E-state index in [1.54, 1.807) is 0 Å². The van der Waals surface area contributed by atoms with Crippen LogP contribution >= 0.6 is 0 Å². The molecule has 0 spiro atoms. The summed E-state index contributed by atoms with van der Waals surface area (Å²) >= 11 is 0. The van der Waals surface area contributed by atoms with E-state index < -0.39 is 40.3 Å². The van der Waals surface area contributed by atoms with Crippen molar-refractivity contribution in [1.82, 2.24) is 4.98 Å². The lowest BCUT2D eigenvalue weighted by Crippen LogP contribution is -2.19. The molecule has 0 aromatic carbocycles. The van der Waals surface area contributed by atoms with Crippen molar-refractivity contribution in [3.8, 4) is 11.6 Å². The minimum Gasteiger partial charge on any atom is -0.500 e. The second-order valence-electron chi connectivity index (χ2n) is 2.98. The van der Waals surface area contributed by atoms with Crippen LogP contribution in [0.5, 0.6) is 11.6 Å². The van der Waals surface area contributed by atoms with Gasteiger partial charge in [0.05, 0.1) is 7.11 Å². The summed E-state index contributed by atoms with van der Waals surface area (Å²) in [4.78, 5) is 23.2. The summed E-state index contributed by atoms with van der Waals surface area (Å²) in [5.74, 6) is -5.12. The second kappa shape index (κ2) is 4.96. The summed E-state index contributed by atoms with van der Waals surface area (Å²) in [6, 6.07) is 0.377. The van der Waals surface area contributed by atoms with Gasteiger partial charge >= 0.3 is 24.0 Å². The fourth-order valence-corrected chi connectivity index (χ4v) is 1.07. The number of rotatable bonds is 3. The number of hydrogen-bond donors (Lipinski definition) is 1. The van der Waals surface area contributed by atoms with Crippen LogP contribution in [0.2, 0.25) is 0 Å². The number of ether oxygens (including phenoxy) is 2. The average molecular weight is 282 g/mol. The first kappa shape index (κ1) is 14.5. The van der Waals surface area contributed by atoms with Gasteiger partial charge in [-0.05, 0) is 4.92 Å². The van der Waals surface area contributed by atoms with Gasteiger partial charge in [-0.3, -0.25) is 0 Å². The maximum Gasteiger partial charge on any atom is 0.575 e. The van der Waals surface area contributed by atoms with E-state index in [4.69, 9.17) is 0 Å². The van der Waals surface area contributed by atoms with Gasteiger partial charge < -0.3 is 24.7 Å². The normalized spacial score (nSPS) is 10.9. The molecule has 1 N–H and O–H groups in total. The maximum atomic E-state index is 12.0. The summed E-state index contributed by atoms with van der Waals surface area (Å²) in [5.41, 5.74) is -0.872. The van der Waals surface area contributed by atoms with Crippen LogP contribution < -0.4 is 4.74 Å². The summed E-state index contributed by atoms with van der Waals surface area (Å²) < 4.78 is 43.4. The van der Waals surface area contributed by atoms with Gasteiger partial charge in [-0.1, -0.05) is 0 Å². The Morgan fingerprint density at radius 1 is 1.53 bits per heavy atom. The number of hydrogen-bond acceptors (Lipinski definition) is 7. The Kier molecular flexibility index (Phi) is 3.77. The zero-order chi connectivity index (χ0) is 14.8. The predicted molar refractivity (Wildman–Crippen MR) is 50.6 cm³/mol. The molecule has 0 bridgehead atoms. The van der Waals surface area contributed by atoms with Crippen LogP contribution in [-0.4, -0.2) is 34.5 Å². The molecule has 104 valence electrons. The van der Waals surface area contributed by atoms with E-state index in [9.17, 15) is 33.2 Å². The molecular weight excluding hydrogens is 277 g/mol. The largest absolute Gasteiger partial charge is 0.575 e. The third-order valence-electron chi connectivity index (χ3n) is 1.75. The quantitative estimate of drug-likeness (QED) is 0.506. The minimum absolute atomic E-state index is 0.377. The fourth-order valence-electron chi connectivity index (χ4n) is 1.07. The first-order valence-corrected chi connectivity index (χ1v) is 4.38. The van der Waals surface area contributed by atoms with Gasteiger partial charge in [-0.2, -0.15) is 0 Å². The molecule has 0 atom stereocenters. The number of esters is 1. The van der Waals surface area contributed by atoms with Crippen molar-refractivity contribution in [1.29, 1.82) is 0 Å². The van der Waals surface area contributed by atoms with E-state index in [1.165, 1.54) is 0 Å². The number of aromatic nitrogens is 1. The van der Waals surface area contributed by atoms with Crippen molar-refractivity contribution < 1.29 is 37.5 Å². The number of methoxy groups -OCH3 is 1. The van der Waals surface area contributed by atoms with Crippen molar-refractivity contribution in [3.05, 3.63) is 21.7 Å². The van der Waals surface area contributed by atoms with E-state index in [1.807, 2.05) is 0 Å². The van der Waals surface area contributed by atoms with E-state index in [0.29, 0.717) is 6.07 Å². The van der Waals surface area contributed by atoms with Gasteiger partial charge in [0.1, 0.15) is 5.56 Å². The topological polar surface area (TPSA) is 112 Å². The lowest BCUT2D eigenvalue weighted by Gasteiger charge is -2.07. The van der Waals surface area contributed by atoms with Crippen molar-refractivity contribution in [2.24, 2.45) is 0 Å². The van der Waals surface area contributed by atoms with Gasteiger partial charge in [0.15, 0.2) is 0 Å². The predicted octanol–water partition coefficient (Wildman–Crippen LogP) is 1.38. The second-order valence-corrected chi connectivity index (χ2v) is 2.98. The maximum absolute atomic E-state index is 12.0. The Hall–Kier alpha value is -2.59. The number of halogens is 3. The molecule has 0 fully saturated rings. The summed E-state index contributed by atoms with van der Waals surface area (Å²) in [6.07, 6.45) is -5.16. The molecular formula is C8H5F3N2O6. The Bertz CT molecular complexity index is 530. The SMILES string of the molecule is COC(=O)c1cc(OC(F)(F)F)nc([N+](=O)[O-])c1O. The highest BCUT2D eigenvalue weighted by Crippen LogP contribution is 2.33. The van der Waals surface area contributed by atoms with E-state index in [2.05, 4.69) is 14.5 Å². The third-order valence-corrected chi connectivity index (χ3v) is 1.75. The average Bonchev–Trinajstić information content (AvgIpc) is 2.27. The number of carbonyl (C=O) groups is 1. The van der Waals surface area contributed by atoms with Crippen LogP contribution in [0.15, 0.2) is 6.07 Å². The van der Waals surface area contributed by atoms with E-state index >= 15 is 0 Å². The Balaban J connectivity index is 3.39. The smallest absolute Gasteiger partial charge is 0.500 e. The van der Waals surface area contributed by atoms with Gasteiger partial charge in [0, 0.05) is 11.1 Å². The first-order valence-electron chi connectivity index (χ1n) is 4.38. The number of carbonyl (C=O) groups excluding carboxylic acids is 1. The molecule has 1 heterocycles. The number of alkyl halides is 3. The number of pyridine rings is 1. The van der Waals surface area contributed by atoms with Crippen LogP contribution in [-0.2, 0) is 4.74 Å². The molecule has 0 amide bonds. The fraction of sp³-hybridized carbons (Fsp3) is 0.250. The lowest BCUT2D eigenvalue weighted by molar-refractivity contribution is -0.391. The molecule has 0 aliphatic heterocycles. The standard InChI is InChI=1S/C8H5F3N2O6/c1-18-7(15)3-2-4(19-8(9,10)11)12-6(5(3)14)13(16)17/h2,14H,1H3. The highest BCUT2D eigenvalue weighted by atomic mass is 19.4. The summed E-state index contributed by atoms with van der Waals surface area (Å²) in [5, 5.41) is 19.8. The summed E-state index contributed by atoms with van der Waals surface area (Å²) in [6.45, 7) is 0. The van der Waals surface area contributed by atoms with Gasteiger partial charge in [-0.15, -0.1) is 13.2 Å². The van der Waals surface area contributed by atoms with Gasteiger partial charge in [0.25, 0.3) is 0 Å². The number of nitro groups is 1. The highest BCUT2D eigenvalue weighted by Gasteiger charge is 2.36. The Labute approximate surface area is 102 Å². The van der Waals surface area contributed by atoms with Crippen LogP contribution in [0, 0.1) is 10.1 Å². The van der Waals surface area contributed by atoms with Crippen molar-refractivity contribution in [3.63, 3.8) is 0 Å². The minimum atomic E-state index is -5.16. The highest BCUT2D eigenvalue weighted by molar-refractivity contribution is 5.93. The van der Waals surface area contributed by atoms with E-state index in [-0.39, 0.29) is 0 Å². The van der Waals surface area contributed by atoms with E-state index in [0.717, 1.165) is 7.11 Å². The van der Waals surface area contributed by atoms with Crippen LogP contribution in [0.1, 0.15) is 10.4 Å². The third kappa shape index (κ3) is 3.43. The van der Waals surface area contributed by atoms with Crippen LogP contribution in [0.3, 0.4) is 0 Å². The summed E-state index contributed by atoms with van der Waals surface area (Å²) in [7, 11) is 0.873. The molecule has 19 heavy (non-hydrogen) atoms. The lowest BCUT2D eigenvalue weighted by atomic mass is 10.2. The van der Waals surface area contributed by atoms with Crippen LogP contribution in [0.25, 0.3) is 0 Å². The molecule has 1 aromatic rings. The Morgan fingerprint density at radius 3 is 2.53 bits per heavy atom. The van der Waals surface area contributed by atoms with Crippen molar-refractivity contribution >= 4 is 11.8 Å². The molecule has 0 saturated heterocycles. The molecule has 11 heteroatoms. The van der Waals surface area contributed by atoms with Crippen LogP contribution in [0.4, 0.5) is 19.0 Å². The van der Waals surface area contributed by atoms with Gasteiger partial charge in [0.2, 0.25) is 5.75 Å². The number of nitrogens with zero attached hydrogens (tertiary/aromatic N) is 2. The molecule has 0 unspecified atom stereocenters. The number of aromatic hydroxyl groups is 1. The van der Waals surface area contributed by atoms with Crippen molar-refractivity contribution in [2.75, 3.05) is 7.11 Å². The van der Waals surface area contributed by atoms with Crippen molar-refractivity contribution in [2.45, 2.75) is 6.36 Å². The molecule has 0 saturated carbocycles. The molecule has 0 radical (unpaired) electrons. The molecule has 8 nitrogen and oxygen atoms in total. The zero-order valence-corrected chi connectivity index (χ0v) is 9.09. The molecule has 0 aliphatic carbocycles. The Morgan fingerprint density at radius 2 is 2.11 bits per heavy atom. The first-order chi connectivity index (χ1) is 8.65. The molecule has 1 aromatic heterocycles. The zero-order valence-electron chi connectivity index (χ0n) is 9.09. The van der Waals surface area contributed by atoms with Gasteiger partial charge in [-0.25, -0.2) is 4.79 Å². The monoisotopic (exact) mass is 282 g/mol.